The molecule has 0 radical (unpaired) electrons. The van der Waals surface area contributed by atoms with Gasteiger partial charge in [-0.05, 0) is 31.2 Å². The van der Waals surface area contributed by atoms with E-state index in [4.69, 9.17) is 0 Å². The first-order valence-corrected chi connectivity index (χ1v) is 5.36. The number of benzene rings is 1. The Bertz CT molecular complexity index is 365. The van der Waals surface area contributed by atoms with Gasteiger partial charge in [-0.15, -0.1) is 0 Å². The van der Waals surface area contributed by atoms with Crippen molar-refractivity contribution in [2.45, 2.75) is 39.0 Å². The zero-order chi connectivity index (χ0) is 10.1. The van der Waals surface area contributed by atoms with Gasteiger partial charge in [0.1, 0.15) is 0 Å². The van der Waals surface area contributed by atoms with E-state index in [1.165, 1.54) is 11.1 Å². The van der Waals surface area contributed by atoms with E-state index in [-0.39, 0.29) is 0 Å². The molecule has 0 amide bonds. The fourth-order valence-corrected chi connectivity index (χ4v) is 2.29. The summed E-state index contributed by atoms with van der Waals surface area (Å²) in [4.78, 5) is 11.7. The van der Waals surface area contributed by atoms with Crippen LogP contribution in [0.4, 0.5) is 0 Å². The van der Waals surface area contributed by atoms with Crippen molar-refractivity contribution in [2.24, 2.45) is 0 Å². The molecule has 1 aliphatic rings. The largest absolute Gasteiger partial charge is 0.294 e. The number of rotatable bonds is 1. The molecule has 0 saturated carbocycles. The van der Waals surface area contributed by atoms with E-state index in [1.807, 2.05) is 12.1 Å². The summed E-state index contributed by atoms with van der Waals surface area (Å²) in [6.45, 7) is 4.29. The number of fused-ring (bicyclic) bond motifs is 1. The lowest BCUT2D eigenvalue weighted by Gasteiger charge is -2.23. The Hall–Kier alpha value is -1.11. The molecule has 1 atom stereocenters. The molecule has 1 aromatic carbocycles. The average Bonchev–Trinajstić information content (AvgIpc) is 2.18. The molecule has 0 fully saturated rings. The molecule has 14 heavy (non-hydrogen) atoms. The topological polar surface area (TPSA) is 17.1 Å². The van der Waals surface area contributed by atoms with Crippen LogP contribution in [0.1, 0.15) is 53.6 Å². The minimum atomic E-state index is 0.324. The molecule has 1 nitrogen and oxygen atoms in total. The summed E-state index contributed by atoms with van der Waals surface area (Å²) in [5, 5.41) is 0. The Morgan fingerprint density at radius 1 is 1.43 bits per heavy atom. The summed E-state index contributed by atoms with van der Waals surface area (Å²) in [5.74, 6) is 0.923. The van der Waals surface area contributed by atoms with E-state index in [9.17, 15) is 4.79 Å². The van der Waals surface area contributed by atoms with Crippen molar-refractivity contribution in [2.75, 3.05) is 0 Å². The third-order valence-electron chi connectivity index (χ3n) is 3.16. The number of aryl methyl sites for hydroxylation is 1. The van der Waals surface area contributed by atoms with E-state index in [2.05, 4.69) is 19.9 Å². The van der Waals surface area contributed by atoms with E-state index in [0.717, 1.165) is 24.8 Å². The summed E-state index contributed by atoms with van der Waals surface area (Å²) in [6, 6.07) is 6.21. The second-order valence-electron chi connectivity index (χ2n) is 4.16. The van der Waals surface area contributed by atoms with Crippen LogP contribution in [0.3, 0.4) is 0 Å². The van der Waals surface area contributed by atoms with Crippen LogP contribution in [-0.4, -0.2) is 5.78 Å². The van der Waals surface area contributed by atoms with E-state index in [1.54, 1.807) is 0 Å². The van der Waals surface area contributed by atoms with Gasteiger partial charge in [0, 0.05) is 12.0 Å². The minimum absolute atomic E-state index is 0.324. The Kier molecular flexibility index (Phi) is 2.40. The van der Waals surface area contributed by atoms with Gasteiger partial charge < -0.3 is 0 Å². The summed E-state index contributed by atoms with van der Waals surface area (Å²) < 4.78 is 0. The van der Waals surface area contributed by atoms with Gasteiger partial charge in [0.25, 0.3) is 0 Å². The van der Waals surface area contributed by atoms with Crippen LogP contribution >= 0.6 is 0 Å². The van der Waals surface area contributed by atoms with Crippen LogP contribution in [0.15, 0.2) is 18.2 Å². The summed E-state index contributed by atoms with van der Waals surface area (Å²) in [6.07, 6.45) is 2.91. The highest BCUT2D eigenvalue weighted by atomic mass is 16.1. The summed E-state index contributed by atoms with van der Waals surface area (Å²) in [5.41, 5.74) is 3.51. The molecule has 0 heterocycles. The van der Waals surface area contributed by atoms with Crippen LogP contribution in [0.5, 0.6) is 0 Å². The third kappa shape index (κ3) is 1.47. The quantitative estimate of drug-likeness (QED) is 0.659. The van der Waals surface area contributed by atoms with Crippen molar-refractivity contribution in [3.63, 3.8) is 0 Å². The molecule has 0 spiro atoms. The maximum absolute atomic E-state index is 11.7. The molecule has 74 valence electrons. The lowest BCUT2D eigenvalue weighted by atomic mass is 9.80. The van der Waals surface area contributed by atoms with Gasteiger partial charge in [-0.2, -0.15) is 0 Å². The molecule has 0 aromatic heterocycles. The molecule has 0 saturated heterocycles. The summed E-state index contributed by atoms with van der Waals surface area (Å²) >= 11 is 0. The molecule has 0 aliphatic heterocycles. The molecule has 1 aromatic rings. The highest BCUT2D eigenvalue weighted by molar-refractivity contribution is 5.98. The maximum atomic E-state index is 11.7. The van der Waals surface area contributed by atoms with Crippen LogP contribution in [0.2, 0.25) is 0 Å². The lowest BCUT2D eigenvalue weighted by Crippen LogP contribution is -2.15. The van der Waals surface area contributed by atoms with Gasteiger partial charge in [-0.25, -0.2) is 0 Å². The van der Waals surface area contributed by atoms with Crippen LogP contribution in [0, 0.1) is 6.92 Å². The molecule has 0 N–H and O–H groups in total. The van der Waals surface area contributed by atoms with Gasteiger partial charge in [-0.1, -0.05) is 30.7 Å². The predicted molar refractivity (Wildman–Crippen MR) is 57.8 cm³/mol. The standard InChI is InChI=1S/C13H16O/c1-3-10-5-7-13(14)11-6-4-9(2)8-12(10)11/h4,6,8,10H,3,5,7H2,1-2H3. The van der Waals surface area contributed by atoms with Gasteiger partial charge in [-0.3, -0.25) is 4.79 Å². The van der Waals surface area contributed by atoms with E-state index in [0.29, 0.717) is 11.7 Å². The van der Waals surface area contributed by atoms with Crippen LogP contribution in [0.25, 0.3) is 0 Å². The average molecular weight is 188 g/mol. The molecule has 0 bridgehead atoms. The highest BCUT2D eigenvalue weighted by Crippen LogP contribution is 2.34. The molecule has 2 rings (SSSR count). The van der Waals surface area contributed by atoms with Gasteiger partial charge in [0.15, 0.2) is 5.78 Å². The van der Waals surface area contributed by atoms with Crippen molar-refractivity contribution in [1.29, 1.82) is 0 Å². The summed E-state index contributed by atoms with van der Waals surface area (Å²) in [7, 11) is 0. The first-order chi connectivity index (χ1) is 6.72. The zero-order valence-corrected chi connectivity index (χ0v) is 8.84. The van der Waals surface area contributed by atoms with Crippen molar-refractivity contribution >= 4 is 5.78 Å². The second kappa shape index (κ2) is 3.56. The van der Waals surface area contributed by atoms with Gasteiger partial charge in [0.2, 0.25) is 0 Å². The Morgan fingerprint density at radius 2 is 2.21 bits per heavy atom. The van der Waals surface area contributed by atoms with Crippen LogP contribution in [-0.2, 0) is 0 Å². The molecule has 1 unspecified atom stereocenters. The maximum Gasteiger partial charge on any atom is 0.163 e. The van der Waals surface area contributed by atoms with E-state index >= 15 is 0 Å². The first kappa shape index (κ1) is 9.45. The van der Waals surface area contributed by atoms with Gasteiger partial charge in [0.05, 0.1) is 0 Å². The number of carbonyl (C=O) groups is 1. The number of ketones is 1. The van der Waals surface area contributed by atoms with Crippen molar-refractivity contribution in [3.05, 3.63) is 34.9 Å². The Balaban J connectivity index is 2.51. The SMILES string of the molecule is CCC1CCC(=O)c2ccc(C)cc21. The smallest absolute Gasteiger partial charge is 0.163 e. The second-order valence-corrected chi connectivity index (χ2v) is 4.16. The fourth-order valence-electron chi connectivity index (χ4n) is 2.29. The van der Waals surface area contributed by atoms with Crippen LogP contribution < -0.4 is 0 Å². The molecule has 1 aliphatic carbocycles. The van der Waals surface area contributed by atoms with Crippen molar-refractivity contribution in [3.8, 4) is 0 Å². The fraction of sp³-hybridized carbons (Fsp3) is 0.462. The number of hydrogen-bond donors (Lipinski definition) is 0. The zero-order valence-electron chi connectivity index (χ0n) is 8.84. The van der Waals surface area contributed by atoms with Crippen molar-refractivity contribution < 1.29 is 4.79 Å². The third-order valence-corrected chi connectivity index (χ3v) is 3.16. The lowest BCUT2D eigenvalue weighted by molar-refractivity contribution is 0.0966. The number of Topliss-reactive ketones (excluding diaryl/α,β-unsaturated/α-hetero) is 1. The first-order valence-electron chi connectivity index (χ1n) is 5.36. The minimum Gasteiger partial charge on any atom is -0.294 e. The predicted octanol–water partition coefficient (Wildman–Crippen LogP) is 3.47. The van der Waals surface area contributed by atoms with Gasteiger partial charge >= 0.3 is 0 Å². The number of carbonyl (C=O) groups excluding carboxylic acids is 1. The number of hydrogen-bond acceptors (Lipinski definition) is 1. The van der Waals surface area contributed by atoms with E-state index < -0.39 is 0 Å². The molecule has 1 heteroatoms. The molecular weight excluding hydrogens is 172 g/mol. The monoisotopic (exact) mass is 188 g/mol. The Labute approximate surface area is 85.1 Å². The highest BCUT2D eigenvalue weighted by Gasteiger charge is 2.23. The normalized spacial score (nSPS) is 20.7. The molecular formula is C13H16O. The van der Waals surface area contributed by atoms with Crippen molar-refractivity contribution in [1.82, 2.24) is 0 Å². The Morgan fingerprint density at radius 3 is 2.93 bits per heavy atom.